The first-order valence-corrected chi connectivity index (χ1v) is 6.31. The molecule has 0 aromatic heterocycles. The largest absolute Gasteiger partial charge is 0.481 e. The molecule has 1 fully saturated rings. The van der Waals surface area contributed by atoms with E-state index in [4.69, 9.17) is 9.84 Å². The average Bonchev–Trinajstić information content (AvgIpc) is 2.27. The molecule has 1 aliphatic rings. The molecule has 0 spiro atoms. The summed E-state index contributed by atoms with van der Waals surface area (Å²) in [5.41, 5.74) is -1.22. The molecule has 1 aliphatic heterocycles. The predicted molar refractivity (Wildman–Crippen MR) is 67.1 cm³/mol. The molecule has 1 heterocycles. The lowest BCUT2D eigenvalue weighted by Crippen LogP contribution is -2.58. The summed E-state index contributed by atoms with van der Waals surface area (Å²) in [6.07, 6.45) is 1.81. The van der Waals surface area contributed by atoms with Crippen LogP contribution in [-0.2, 0) is 9.53 Å². The molecule has 0 aromatic rings. The van der Waals surface area contributed by atoms with E-state index in [1.165, 1.54) is 0 Å². The first-order chi connectivity index (χ1) is 7.64. The van der Waals surface area contributed by atoms with E-state index in [2.05, 4.69) is 12.2 Å². The van der Waals surface area contributed by atoms with E-state index in [0.29, 0.717) is 0 Å². The van der Waals surface area contributed by atoms with Crippen molar-refractivity contribution in [2.45, 2.75) is 70.6 Å². The molecule has 0 amide bonds. The van der Waals surface area contributed by atoms with Gasteiger partial charge in [-0.05, 0) is 47.1 Å². The smallest absolute Gasteiger partial charge is 0.305 e. The van der Waals surface area contributed by atoms with Crippen LogP contribution in [0.25, 0.3) is 0 Å². The van der Waals surface area contributed by atoms with E-state index in [9.17, 15) is 4.79 Å². The molecule has 0 saturated carbocycles. The fourth-order valence-corrected chi connectivity index (χ4v) is 3.00. The van der Waals surface area contributed by atoms with Gasteiger partial charge in [0.05, 0.1) is 23.2 Å². The zero-order valence-corrected chi connectivity index (χ0v) is 11.6. The Bertz CT molecular complexity index is 299. The first-order valence-electron chi connectivity index (χ1n) is 6.31. The third-order valence-corrected chi connectivity index (χ3v) is 3.58. The van der Waals surface area contributed by atoms with Crippen molar-refractivity contribution in [2.24, 2.45) is 0 Å². The van der Waals surface area contributed by atoms with Gasteiger partial charge in [-0.15, -0.1) is 0 Å². The van der Waals surface area contributed by atoms with Crippen LogP contribution in [0.15, 0.2) is 0 Å². The van der Waals surface area contributed by atoms with Crippen molar-refractivity contribution < 1.29 is 14.6 Å². The van der Waals surface area contributed by atoms with Crippen molar-refractivity contribution in [3.63, 3.8) is 0 Å². The second kappa shape index (κ2) is 4.58. The molecule has 0 aromatic carbocycles. The lowest BCUT2D eigenvalue weighted by Gasteiger charge is -2.39. The SMILES string of the molecule is CCCNC1(CC(=O)O)CC(C)(C)OC1(C)C. The summed E-state index contributed by atoms with van der Waals surface area (Å²) in [5.74, 6) is -0.775. The summed E-state index contributed by atoms with van der Waals surface area (Å²) in [7, 11) is 0. The van der Waals surface area contributed by atoms with E-state index < -0.39 is 17.1 Å². The number of hydrogen-bond donors (Lipinski definition) is 2. The Balaban J connectivity index is 2.99. The van der Waals surface area contributed by atoms with Crippen LogP contribution in [0.3, 0.4) is 0 Å². The van der Waals surface area contributed by atoms with Gasteiger partial charge in [-0.1, -0.05) is 6.92 Å². The van der Waals surface area contributed by atoms with Gasteiger partial charge < -0.3 is 15.2 Å². The van der Waals surface area contributed by atoms with Gasteiger partial charge >= 0.3 is 5.97 Å². The normalized spacial score (nSPS) is 30.4. The summed E-state index contributed by atoms with van der Waals surface area (Å²) < 4.78 is 6.02. The van der Waals surface area contributed by atoms with Crippen LogP contribution in [0, 0.1) is 0 Å². The van der Waals surface area contributed by atoms with Gasteiger partial charge in [-0.3, -0.25) is 4.79 Å². The van der Waals surface area contributed by atoms with Crippen LogP contribution in [0.1, 0.15) is 53.9 Å². The van der Waals surface area contributed by atoms with Crippen molar-refractivity contribution in [3.05, 3.63) is 0 Å². The van der Waals surface area contributed by atoms with Gasteiger partial charge in [-0.25, -0.2) is 0 Å². The molecule has 4 heteroatoms. The van der Waals surface area contributed by atoms with Crippen LogP contribution in [0.2, 0.25) is 0 Å². The number of aliphatic carboxylic acids is 1. The lowest BCUT2D eigenvalue weighted by atomic mass is 9.76. The third-order valence-electron chi connectivity index (χ3n) is 3.58. The molecule has 1 unspecified atom stereocenters. The number of rotatable bonds is 5. The van der Waals surface area contributed by atoms with E-state index in [-0.39, 0.29) is 12.0 Å². The summed E-state index contributed by atoms with van der Waals surface area (Å²) in [6.45, 7) is 10.9. The monoisotopic (exact) mass is 243 g/mol. The van der Waals surface area contributed by atoms with Crippen molar-refractivity contribution >= 4 is 5.97 Å². The molecule has 1 saturated heterocycles. The number of carboxylic acid groups (broad SMARTS) is 1. The molecule has 0 radical (unpaired) electrons. The van der Waals surface area contributed by atoms with Crippen LogP contribution < -0.4 is 5.32 Å². The number of ether oxygens (including phenoxy) is 1. The molecular formula is C13H25NO3. The predicted octanol–water partition coefficient (Wildman–Crippen LogP) is 2.18. The Hall–Kier alpha value is -0.610. The second-order valence-electron chi connectivity index (χ2n) is 6.13. The quantitative estimate of drug-likeness (QED) is 0.777. The molecule has 0 bridgehead atoms. The summed E-state index contributed by atoms with van der Waals surface area (Å²) in [5, 5.41) is 12.6. The highest BCUT2D eigenvalue weighted by molar-refractivity contribution is 5.69. The maximum Gasteiger partial charge on any atom is 0.305 e. The zero-order valence-electron chi connectivity index (χ0n) is 11.6. The Morgan fingerprint density at radius 1 is 1.35 bits per heavy atom. The van der Waals surface area contributed by atoms with Gasteiger partial charge in [0.1, 0.15) is 0 Å². The summed E-state index contributed by atoms with van der Waals surface area (Å²) >= 11 is 0. The molecule has 17 heavy (non-hydrogen) atoms. The lowest BCUT2D eigenvalue weighted by molar-refractivity contribution is -0.142. The van der Waals surface area contributed by atoms with Crippen LogP contribution in [0.4, 0.5) is 0 Å². The molecular weight excluding hydrogens is 218 g/mol. The molecule has 1 rings (SSSR count). The molecule has 100 valence electrons. The van der Waals surface area contributed by atoms with E-state index in [1.54, 1.807) is 0 Å². The molecule has 4 nitrogen and oxygen atoms in total. The Labute approximate surface area is 104 Å². The fourth-order valence-electron chi connectivity index (χ4n) is 3.00. The van der Waals surface area contributed by atoms with Gasteiger partial charge in [0.25, 0.3) is 0 Å². The maximum absolute atomic E-state index is 11.1. The van der Waals surface area contributed by atoms with E-state index >= 15 is 0 Å². The Morgan fingerprint density at radius 3 is 2.29 bits per heavy atom. The first kappa shape index (κ1) is 14.5. The Kier molecular flexibility index (Phi) is 3.89. The number of hydrogen-bond acceptors (Lipinski definition) is 3. The molecule has 1 atom stereocenters. The average molecular weight is 243 g/mol. The topological polar surface area (TPSA) is 58.6 Å². The third kappa shape index (κ3) is 2.99. The van der Waals surface area contributed by atoms with Gasteiger partial charge in [0.15, 0.2) is 0 Å². The van der Waals surface area contributed by atoms with Crippen LogP contribution in [-0.4, -0.2) is 34.4 Å². The zero-order chi connectivity index (χ0) is 13.3. The summed E-state index contributed by atoms with van der Waals surface area (Å²) in [6, 6.07) is 0. The van der Waals surface area contributed by atoms with E-state index in [0.717, 1.165) is 19.4 Å². The second-order valence-corrected chi connectivity index (χ2v) is 6.13. The number of carboxylic acids is 1. The number of nitrogens with one attached hydrogen (secondary N) is 1. The van der Waals surface area contributed by atoms with Crippen molar-refractivity contribution in [2.75, 3.05) is 6.54 Å². The van der Waals surface area contributed by atoms with Crippen molar-refractivity contribution in [1.29, 1.82) is 0 Å². The van der Waals surface area contributed by atoms with Crippen LogP contribution in [0.5, 0.6) is 0 Å². The highest BCUT2D eigenvalue weighted by Crippen LogP contribution is 2.46. The van der Waals surface area contributed by atoms with Crippen LogP contribution >= 0.6 is 0 Å². The van der Waals surface area contributed by atoms with E-state index in [1.807, 2.05) is 27.7 Å². The molecule has 0 aliphatic carbocycles. The standard InChI is InChI=1S/C13H25NO3/c1-6-7-14-13(8-10(15)16)9-11(2,3)17-12(13,4)5/h14H,6-9H2,1-5H3,(H,15,16). The van der Waals surface area contributed by atoms with Gasteiger partial charge in [-0.2, -0.15) is 0 Å². The van der Waals surface area contributed by atoms with Gasteiger partial charge in [0.2, 0.25) is 0 Å². The maximum atomic E-state index is 11.1. The summed E-state index contributed by atoms with van der Waals surface area (Å²) in [4.78, 5) is 11.1. The molecule has 2 N–H and O–H groups in total. The minimum absolute atomic E-state index is 0.101. The van der Waals surface area contributed by atoms with Gasteiger partial charge in [0, 0.05) is 0 Å². The Morgan fingerprint density at radius 2 is 1.94 bits per heavy atom. The number of carbonyl (C=O) groups is 1. The highest BCUT2D eigenvalue weighted by atomic mass is 16.5. The minimum atomic E-state index is -0.775. The van der Waals surface area contributed by atoms with Crippen molar-refractivity contribution in [1.82, 2.24) is 5.32 Å². The van der Waals surface area contributed by atoms with Crippen molar-refractivity contribution in [3.8, 4) is 0 Å². The highest BCUT2D eigenvalue weighted by Gasteiger charge is 2.57. The fraction of sp³-hybridized carbons (Fsp3) is 0.923. The minimum Gasteiger partial charge on any atom is -0.481 e.